The summed E-state index contributed by atoms with van der Waals surface area (Å²) in [4.78, 5) is 2.49. The average Bonchev–Trinajstić information content (AvgIpc) is 2.63. The Balaban J connectivity index is 1.79. The van der Waals surface area contributed by atoms with Gasteiger partial charge in [-0.05, 0) is 49.4 Å². The van der Waals surface area contributed by atoms with E-state index in [1.807, 2.05) is 12.1 Å². The van der Waals surface area contributed by atoms with Crippen molar-refractivity contribution in [1.29, 1.82) is 0 Å². The molecule has 3 rings (SSSR count). The summed E-state index contributed by atoms with van der Waals surface area (Å²) >= 11 is 0. The summed E-state index contributed by atoms with van der Waals surface area (Å²) in [6.07, 6.45) is 3.90. The fourth-order valence-corrected chi connectivity index (χ4v) is 3.28. The lowest BCUT2D eigenvalue weighted by atomic mass is 10.0. The van der Waals surface area contributed by atoms with Crippen LogP contribution < -0.4 is 10.2 Å². The molecule has 1 atom stereocenters. The van der Waals surface area contributed by atoms with Crippen LogP contribution >= 0.6 is 0 Å². The van der Waals surface area contributed by atoms with Gasteiger partial charge in [0.05, 0.1) is 18.0 Å². The Kier molecular flexibility index (Phi) is 5.19. The summed E-state index contributed by atoms with van der Waals surface area (Å²) < 4.78 is 0. The third-order valence-corrected chi connectivity index (χ3v) is 4.61. The van der Waals surface area contributed by atoms with Gasteiger partial charge in [0.15, 0.2) is 0 Å². The average molecular weight is 310 g/mol. The fourth-order valence-electron chi connectivity index (χ4n) is 3.28. The summed E-state index contributed by atoms with van der Waals surface area (Å²) in [5.74, 6) is 0. The Bertz CT molecular complexity index is 635. The molecule has 0 amide bonds. The minimum atomic E-state index is 0.0882. The molecular weight excluding hydrogens is 284 g/mol. The van der Waals surface area contributed by atoms with Gasteiger partial charge in [-0.1, -0.05) is 36.4 Å². The number of hydrogen-bond donors (Lipinski definition) is 2. The summed E-state index contributed by atoms with van der Waals surface area (Å²) in [6.45, 7) is 4.55. The maximum absolute atomic E-state index is 9.32. The van der Waals surface area contributed by atoms with E-state index in [4.69, 9.17) is 0 Å². The molecule has 0 bridgehead atoms. The summed E-state index contributed by atoms with van der Waals surface area (Å²) in [5.41, 5.74) is 4.65. The molecule has 0 aromatic heterocycles. The van der Waals surface area contributed by atoms with Gasteiger partial charge in [-0.3, -0.25) is 0 Å². The quantitative estimate of drug-likeness (QED) is 0.862. The number of aliphatic hydroxyl groups excluding tert-OH is 1. The van der Waals surface area contributed by atoms with E-state index in [0.717, 1.165) is 18.7 Å². The van der Waals surface area contributed by atoms with Crippen LogP contribution in [0.15, 0.2) is 48.5 Å². The highest BCUT2D eigenvalue weighted by Crippen LogP contribution is 2.31. The minimum Gasteiger partial charge on any atom is -0.392 e. The second kappa shape index (κ2) is 7.51. The molecule has 1 fully saturated rings. The molecule has 0 aliphatic carbocycles. The van der Waals surface area contributed by atoms with Gasteiger partial charge < -0.3 is 15.3 Å². The van der Waals surface area contributed by atoms with E-state index in [9.17, 15) is 5.11 Å². The lowest BCUT2D eigenvalue weighted by Crippen LogP contribution is -2.30. The molecule has 0 saturated carbocycles. The van der Waals surface area contributed by atoms with Gasteiger partial charge in [0.2, 0.25) is 0 Å². The number of hydrogen-bond acceptors (Lipinski definition) is 3. The third kappa shape index (κ3) is 3.85. The number of anilines is 2. The van der Waals surface area contributed by atoms with E-state index >= 15 is 0 Å². The highest BCUT2D eigenvalue weighted by molar-refractivity contribution is 5.70. The van der Waals surface area contributed by atoms with Gasteiger partial charge in [0.1, 0.15) is 0 Å². The lowest BCUT2D eigenvalue weighted by Gasteiger charge is -2.31. The van der Waals surface area contributed by atoms with Crippen LogP contribution in [0.2, 0.25) is 0 Å². The van der Waals surface area contributed by atoms with E-state index in [0.29, 0.717) is 0 Å². The van der Waals surface area contributed by atoms with E-state index in [1.165, 1.54) is 36.2 Å². The van der Waals surface area contributed by atoms with E-state index < -0.39 is 0 Å². The molecule has 2 N–H and O–H groups in total. The number of aliphatic hydroxyl groups is 1. The largest absolute Gasteiger partial charge is 0.392 e. The number of para-hydroxylation sites is 2. The summed E-state index contributed by atoms with van der Waals surface area (Å²) in [7, 11) is 0. The maximum atomic E-state index is 9.32. The van der Waals surface area contributed by atoms with Crippen molar-refractivity contribution in [1.82, 2.24) is 0 Å². The molecule has 23 heavy (non-hydrogen) atoms. The smallest absolute Gasteiger partial charge is 0.0681 e. The monoisotopic (exact) mass is 310 g/mol. The zero-order valence-electron chi connectivity index (χ0n) is 13.8. The molecule has 1 heterocycles. The molecule has 0 spiro atoms. The van der Waals surface area contributed by atoms with Crippen LogP contribution in [0.1, 0.15) is 43.4 Å². The van der Waals surface area contributed by atoms with Crippen molar-refractivity contribution < 1.29 is 5.11 Å². The standard InChI is InChI=1S/C20H26N2O/c1-16(18-9-7-8-17(14-18)15-23)21-19-10-3-4-11-20(19)22-12-5-2-6-13-22/h3-4,7-11,14,16,21,23H,2,5-6,12-13,15H2,1H3. The van der Waals surface area contributed by atoms with Gasteiger partial charge in [0, 0.05) is 19.1 Å². The zero-order valence-corrected chi connectivity index (χ0v) is 13.8. The van der Waals surface area contributed by atoms with Gasteiger partial charge >= 0.3 is 0 Å². The zero-order chi connectivity index (χ0) is 16.1. The fraction of sp³-hybridized carbons (Fsp3) is 0.400. The van der Waals surface area contributed by atoms with Gasteiger partial charge in [-0.15, -0.1) is 0 Å². The van der Waals surface area contributed by atoms with Crippen LogP contribution in [0.25, 0.3) is 0 Å². The van der Waals surface area contributed by atoms with Gasteiger partial charge in [-0.2, -0.15) is 0 Å². The van der Waals surface area contributed by atoms with Crippen LogP contribution in [-0.2, 0) is 6.61 Å². The topological polar surface area (TPSA) is 35.5 Å². The first-order chi connectivity index (χ1) is 11.3. The van der Waals surface area contributed by atoms with Crippen LogP contribution in [0, 0.1) is 0 Å². The number of nitrogens with zero attached hydrogens (tertiary/aromatic N) is 1. The van der Waals surface area contributed by atoms with E-state index in [2.05, 4.69) is 53.5 Å². The van der Waals surface area contributed by atoms with Crippen molar-refractivity contribution in [2.75, 3.05) is 23.3 Å². The van der Waals surface area contributed by atoms with Crippen LogP contribution in [0.4, 0.5) is 11.4 Å². The SMILES string of the molecule is CC(Nc1ccccc1N1CCCCC1)c1cccc(CO)c1. The molecule has 122 valence electrons. The van der Waals surface area contributed by atoms with Crippen LogP contribution in [0.3, 0.4) is 0 Å². The van der Waals surface area contributed by atoms with Crippen LogP contribution in [-0.4, -0.2) is 18.2 Å². The normalized spacial score (nSPS) is 16.2. The molecular formula is C20H26N2O. The highest BCUT2D eigenvalue weighted by Gasteiger charge is 2.15. The molecule has 1 aliphatic heterocycles. The maximum Gasteiger partial charge on any atom is 0.0681 e. The Labute approximate surface area is 139 Å². The Morgan fingerprint density at radius 3 is 2.61 bits per heavy atom. The Morgan fingerprint density at radius 1 is 1.04 bits per heavy atom. The molecule has 2 aromatic carbocycles. The van der Waals surface area contributed by atoms with Crippen molar-refractivity contribution >= 4 is 11.4 Å². The number of benzene rings is 2. The van der Waals surface area contributed by atoms with Gasteiger partial charge in [-0.25, -0.2) is 0 Å². The Morgan fingerprint density at radius 2 is 1.83 bits per heavy atom. The van der Waals surface area contributed by atoms with Crippen molar-refractivity contribution in [2.45, 2.75) is 38.8 Å². The predicted octanol–water partition coefficient (Wildman–Crippen LogP) is 4.34. The Hall–Kier alpha value is -2.00. The molecule has 2 aromatic rings. The van der Waals surface area contributed by atoms with E-state index in [-0.39, 0.29) is 12.6 Å². The molecule has 1 aliphatic rings. The lowest BCUT2D eigenvalue weighted by molar-refractivity contribution is 0.281. The highest BCUT2D eigenvalue weighted by atomic mass is 16.3. The molecule has 3 nitrogen and oxygen atoms in total. The van der Waals surface area contributed by atoms with Crippen molar-refractivity contribution in [3.8, 4) is 0 Å². The molecule has 1 unspecified atom stereocenters. The number of nitrogens with one attached hydrogen (secondary N) is 1. The molecule has 3 heteroatoms. The predicted molar refractivity (Wildman–Crippen MR) is 96.9 cm³/mol. The molecule has 1 saturated heterocycles. The number of rotatable bonds is 5. The summed E-state index contributed by atoms with van der Waals surface area (Å²) in [5, 5.41) is 13.0. The van der Waals surface area contributed by atoms with Crippen molar-refractivity contribution in [2.24, 2.45) is 0 Å². The third-order valence-electron chi connectivity index (χ3n) is 4.61. The molecule has 0 radical (unpaired) electrons. The number of piperidine rings is 1. The first kappa shape index (κ1) is 15.9. The van der Waals surface area contributed by atoms with Crippen molar-refractivity contribution in [3.63, 3.8) is 0 Å². The summed E-state index contributed by atoms with van der Waals surface area (Å²) in [6, 6.07) is 16.9. The van der Waals surface area contributed by atoms with Crippen molar-refractivity contribution in [3.05, 3.63) is 59.7 Å². The van der Waals surface area contributed by atoms with E-state index in [1.54, 1.807) is 0 Å². The second-order valence-electron chi connectivity index (χ2n) is 6.33. The second-order valence-corrected chi connectivity index (χ2v) is 6.33. The van der Waals surface area contributed by atoms with Crippen LogP contribution in [0.5, 0.6) is 0 Å². The van der Waals surface area contributed by atoms with Gasteiger partial charge in [0.25, 0.3) is 0 Å². The minimum absolute atomic E-state index is 0.0882. The first-order valence-electron chi connectivity index (χ1n) is 8.58. The first-order valence-corrected chi connectivity index (χ1v) is 8.58.